The van der Waals surface area contributed by atoms with E-state index < -0.39 is 0 Å². The number of carbonyl (C=O) groups excluding carboxylic acids is 1. The molecular formula is C28H30N4O3. The van der Waals surface area contributed by atoms with Crippen LogP contribution in [0.3, 0.4) is 0 Å². The Kier molecular flexibility index (Phi) is 6.84. The summed E-state index contributed by atoms with van der Waals surface area (Å²) >= 11 is 0. The number of rotatable bonds is 7. The second-order valence-electron chi connectivity index (χ2n) is 8.82. The van der Waals surface area contributed by atoms with Crippen molar-refractivity contribution in [1.29, 1.82) is 0 Å². The number of imidazole rings is 1. The second-order valence-corrected chi connectivity index (χ2v) is 8.82. The van der Waals surface area contributed by atoms with Crippen molar-refractivity contribution in [3.05, 3.63) is 84.7 Å². The molecule has 4 aromatic rings. The number of ether oxygens (including phenoxy) is 2. The zero-order valence-corrected chi connectivity index (χ0v) is 19.9. The van der Waals surface area contributed by atoms with Gasteiger partial charge in [0, 0.05) is 25.3 Å². The quantitative estimate of drug-likeness (QED) is 0.384. The monoisotopic (exact) mass is 470 g/mol. The van der Waals surface area contributed by atoms with Crippen molar-refractivity contribution >= 4 is 22.8 Å². The number of methoxy groups -OCH3 is 1. The topological polar surface area (TPSA) is 68.6 Å². The van der Waals surface area contributed by atoms with Crippen molar-refractivity contribution in [2.45, 2.75) is 26.0 Å². The molecule has 1 N–H and O–H groups in total. The number of urea groups is 1. The van der Waals surface area contributed by atoms with Gasteiger partial charge < -0.3 is 24.3 Å². The van der Waals surface area contributed by atoms with Gasteiger partial charge in [0.2, 0.25) is 0 Å². The lowest BCUT2D eigenvalue weighted by atomic mass is 9.96. The van der Waals surface area contributed by atoms with Crippen molar-refractivity contribution in [2.24, 2.45) is 5.92 Å². The first-order valence-electron chi connectivity index (χ1n) is 12.0. The fourth-order valence-electron chi connectivity index (χ4n) is 4.56. The molecule has 1 aromatic heterocycles. The molecule has 0 unspecified atom stereocenters. The van der Waals surface area contributed by atoms with E-state index in [9.17, 15) is 4.79 Å². The number of nitrogens with one attached hydrogen (secondary N) is 1. The minimum absolute atomic E-state index is 0.0568. The number of piperidine rings is 1. The predicted octanol–water partition coefficient (Wildman–Crippen LogP) is 5.57. The molecule has 0 aliphatic carbocycles. The van der Waals surface area contributed by atoms with Crippen molar-refractivity contribution in [3.8, 4) is 11.5 Å². The van der Waals surface area contributed by atoms with Gasteiger partial charge in [0.1, 0.15) is 23.9 Å². The number of likely N-dealkylation sites (tertiary alicyclic amines) is 1. The van der Waals surface area contributed by atoms with Gasteiger partial charge in [0.25, 0.3) is 0 Å². The molecule has 1 saturated heterocycles. The molecule has 0 spiro atoms. The van der Waals surface area contributed by atoms with Crippen LogP contribution in [0.4, 0.5) is 10.5 Å². The number of fused-ring (bicyclic) bond motifs is 1. The number of carbonyl (C=O) groups is 1. The molecule has 1 fully saturated rings. The fraction of sp³-hybridized carbons (Fsp3) is 0.286. The summed E-state index contributed by atoms with van der Waals surface area (Å²) in [6.07, 6.45) is 1.89. The Morgan fingerprint density at radius 2 is 1.66 bits per heavy atom. The molecule has 180 valence electrons. The highest BCUT2D eigenvalue weighted by atomic mass is 16.5. The molecule has 35 heavy (non-hydrogen) atoms. The summed E-state index contributed by atoms with van der Waals surface area (Å²) in [4.78, 5) is 19.5. The van der Waals surface area contributed by atoms with Crippen LogP contribution in [0, 0.1) is 5.92 Å². The van der Waals surface area contributed by atoms with Crippen LogP contribution in [-0.2, 0) is 13.2 Å². The average Bonchev–Trinajstić information content (AvgIpc) is 3.26. The van der Waals surface area contributed by atoms with Crippen LogP contribution in [0.25, 0.3) is 11.0 Å². The summed E-state index contributed by atoms with van der Waals surface area (Å²) in [7, 11) is 1.63. The number of aromatic nitrogens is 2. The Bertz CT molecular complexity index is 1260. The van der Waals surface area contributed by atoms with E-state index >= 15 is 0 Å². The van der Waals surface area contributed by atoms with E-state index in [1.54, 1.807) is 7.11 Å². The fourth-order valence-corrected chi connectivity index (χ4v) is 4.56. The van der Waals surface area contributed by atoms with Crippen LogP contribution in [0.2, 0.25) is 0 Å². The highest BCUT2D eigenvalue weighted by Gasteiger charge is 2.24. The van der Waals surface area contributed by atoms with E-state index in [4.69, 9.17) is 14.5 Å². The summed E-state index contributed by atoms with van der Waals surface area (Å²) in [5.74, 6) is 2.99. The number of amides is 2. The number of hydrogen-bond acceptors (Lipinski definition) is 4. The predicted molar refractivity (Wildman–Crippen MR) is 137 cm³/mol. The maximum absolute atomic E-state index is 12.7. The van der Waals surface area contributed by atoms with Crippen molar-refractivity contribution in [1.82, 2.24) is 14.5 Å². The normalized spacial score (nSPS) is 14.1. The van der Waals surface area contributed by atoms with E-state index in [-0.39, 0.29) is 6.03 Å². The first-order chi connectivity index (χ1) is 17.2. The van der Waals surface area contributed by atoms with Crippen LogP contribution < -0.4 is 14.8 Å². The molecule has 0 bridgehead atoms. The average molecular weight is 471 g/mol. The van der Waals surface area contributed by atoms with Gasteiger partial charge in [-0.25, -0.2) is 9.78 Å². The van der Waals surface area contributed by atoms with E-state index in [1.165, 1.54) is 0 Å². The van der Waals surface area contributed by atoms with E-state index in [0.29, 0.717) is 12.5 Å². The summed E-state index contributed by atoms with van der Waals surface area (Å²) < 4.78 is 13.5. The number of hydrogen-bond donors (Lipinski definition) is 1. The zero-order chi connectivity index (χ0) is 24.0. The molecule has 2 amide bonds. The number of nitrogens with zero attached hydrogens (tertiary/aromatic N) is 3. The Balaban J connectivity index is 1.21. The van der Waals surface area contributed by atoms with Crippen molar-refractivity contribution in [2.75, 3.05) is 25.5 Å². The molecule has 1 aliphatic heterocycles. The molecule has 0 saturated carbocycles. The summed E-state index contributed by atoms with van der Waals surface area (Å²) in [6.45, 7) is 2.74. The van der Waals surface area contributed by atoms with Crippen LogP contribution >= 0.6 is 0 Å². The van der Waals surface area contributed by atoms with E-state index in [1.807, 2.05) is 71.6 Å². The SMILES string of the molecule is COc1ccc(NC(=O)N2CCC(Cn3c(COc4ccccc4)nc4ccccc43)CC2)cc1. The van der Waals surface area contributed by atoms with Crippen LogP contribution in [0.5, 0.6) is 11.5 Å². The summed E-state index contributed by atoms with van der Waals surface area (Å²) in [6, 6.07) is 25.4. The van der Waals surface area contributed by atoms with Crippen molar-refractivity contribution < 1.29 is 14.3 Å². The van der Waals surface area contributed by atoms with Gasteiger partial charge in [0.05, 0.1) is 18.1 Å². The van der Waals surface area contributed by atoms with E-state index in [0.717, 1.165) is 66.5 Å². The Morgan fingerprint density at radius 1 is 0.943 bits per heavy atom. The highest BCUT2D eigenvalue weighted by molar-refractivity contribution is 5.89. The summed E-state index contributed by atoms with van der Waals surface area (Å²) in [5, 5.41) is 2.99. The molecule has 0 atom stereocenters. The van der Waals surface area contributed by atoms with Gasteiger partial charge in [-0.1, -0.05) is 30.3 Å². The highest BCUT2D eigenvalue weighted by Crippen LogP contribution is 2.25. The maximum atomic E-state index is 12.7. The standard InChI is InChI=1S/C28H30N4O3/c1-34-23-13-11-22(12-14-23)29-28(33)31-17-15-21(16-18-31)19-32-26-10-6-5-9-25(26)30-27(32)20-35-24-7-3-2-4-8-24/h2-14,21H,15-20H2,1H3,(H,29,33). The van der Waals surface area contributed by atoms with Crippen LogP contribution in [0.1, 0.15) is 18.7 Å². The summed E-state index contributed by atoms with van der Waals surface area (Å²) in [5.41, 5.74) is 2.88. The maximum Gasteiger partial charge on any atom is 0.321 e. The Hall–Kier alpha value is -4.00. The zero-order valence-electron chi connectivity index (χ0n) is 19.9. The van der Waals surface area contributed by atoms with Crippen LogP contribution in [0.15, 0.2) is 78.9 Å². The molecular weight excluding hydrogens is 440 g/mol. The van der Waals surface area contributed by atoms with Gasteiger partial charge in [-0.2, -0.15) is 0 Å². The third kappa shape index (κ3) is 5.40. The first-order valence-corrected chi connectivity index (χ1v) is 12.0. The van der Waals surface area contributed by atoms with Crippen molar-refractivity contribution in [3.63, 3.8) is 0 Å². The minimum Gasteiger partial charge on any atom is -0.497 e. The van der Waals surface area contributed by atoms with Gasteiger partial charge in [-0.05, 0) is 67.3 Å². The lowest BCUT2D eigenvalue weighted by Crippen LogP contribution is -2.41. The third-order valence-electron chi connectivity index (χ3n) is 6.53. The number of benzene rings is 3. The largest absolute Gasteiger partial charge is 0.497 e. The van der Waals surface area contributed by atoms with Crippen LogP contribution in [-0.4, -0.2) is 40.7 Å². The number of anilines is 1. The second kappa shape index (κ2) is 10.5. The molecule has 7 nitrogen and oxygen atoms in total. The number of para-hydroxylation sites is 3. The van der Waals surface area contributed by atoms with Gasteiger partial charge in [-0.15, -0.1) is 0 Å². The lowest BCUT2D eigenvalue weighted by Gasteiger charge is -2.32. The molecule has 0 radical (unpaired) electrons. The molecule has 7 heteroatoms. The Morgan fingerprint density at radius 3 is 2.40 bits per heavy atom. The smallest absolute Gasteiger partial charge is 0.321 e. The molecule has 5 rings (SSSR count). The van der Waals surface area contributed by atoms with Gasteiger partial charge >= 0.3 is 6.03 Å². The van der Waals surface area contributed by atoms with E-state index in [2.05, 4.69) is 22.0 Å². The molecule has 2 heterocycles. The molecule has 1 aliphatic rings. The van der Waals surface area contributed by atoms with Gasteiger partial charge in [-0.3, -0.25) is 0 Å². The lowest BCUT2D eigenvalue weighted by molar-refractivity contribution is 0.176. The molecule has 3 aromatic carbocycles. The minimum atomic E-state index is -0.0568. The van der Waals surface area contributed by atoms with Gasteiger partial charge in [0.15, 0.2) is 0 Å². The Labute approximate surface area is 205 Å². The third-order valence-corrected chi connectivity index (χ3v) is 6.53. The first kappa shape index (κ1) is 22.8.